The van der Waals surface area contributed by atoms with Crippen molar-refractivity contribution in [2.75, 3.05) is 11.9 Å². The number of amides is 2. The molecule has 4 aromatic rings. The van der Waals surface area contributed by atoms with Gasteiger partial charge in [-0.1, -0.05) is 19.3 Å². The van der Waals surface area contributed by atoms with Gasteiger partial charge in [0, 0.05) is 35.6 Å². The third kappa shape index (κ3) is 4.86. The first-order valence-electron chi connectivity index (χ1n) is 11.7. The molecular formula is C25H26N6O4. The third-order valence-electron chi connectivity index (χ3n) is 6.42. The number of carbonyl (C=O) groups excluding carboxylic acids is 1. The molecule has 1 saturated carbocycles. The maximum absolute atomic E-state index is 13.0. The van der Waals surface area contributed by atoms with Crippen LogP contribution in [0.2, 0.25) is 0 Å². The first-order valence-corrected chi connectivity index (χ1v) is 11.7. The largest absolute Gasteiger partial charge is 0.480 e. The van der Waals surface area contributed by atoms with Gasteiger partial charge in [-0.25, -0.2) is 14.8 Å². The van der Waals surface area contributed by atoms with Crippen molar-refractivity contribution in [1.82, 2.24) is 24.8 Å². The number of urea groups is 1. The van der Waals surface area contributed by atoms with Crippen molar-refractivity contribution >= 4 is 39.8 Å². The Morgan fingerprint density at radius 2 is 2.00 bits per heavy atom. The summed E-state index contributed by atoms with van der Waals surface area (Å²) >= 11 is 0. The van der Waals surface area contributed by atoms with Gasteiger partial charge in [0.1, 0.15) is 17.9 Å². The molecular weight excluding hydrogens is 448 g/mol. The van der Waals surface area contributed by atoms with Gasteiger partial charge < -0.3 is 25.3 Å². The molecule has 2 amide bonds. The highest BCUT2D eigenvalue weighted by Gasteiger charge is 2.18. The fourth-order valence-corrected chi connectivity index (χ4v) is 4.73. The molecule has 10 heteroatoms. The van der Waals surface area contributed by atoms with Crippen molar-refractivity contribution in [3.8, 4) is 11.3 Å². The van der Waals surface area contributed by atoms with Crippen LogP contribution in [0, 0.1) is 5.92 Å². The van der Waals surface area contributed by atoms with Gasteiger partial charge in [-0.05, 0) is 49.1 Å². The summed E-state index contributed by atoms with van der Waals surface area (Å²) in [6.45, 7) is 0.377. The van der Waals surface area contributed by atoms with Crippen LogP contribution in [0.1, 0.15) is 32.1 Å². The summed E-state index contributed by atoms with van der Waals surface area (Å²) in [6, 6.07) is 8.35. The number of anilines is 1. The van der Waals surface area contributed by atoms with E-state index >= 15 is 0 Å². The molecule has 1 fully saturated rings. The van der Waals surface area contributed by atoms with Crippen molar-refractivity contribution in [2.24, 2.45) is 5.92 Å². The second-order valence-corrected chi connectivity index (χ2v) is 8.92. The summed E-state index contributed by atoms with van der Waals surface area (Å²) in [6.07, 6.45) is 9.17. The van der Waals surface area contributed by atoms with E-state index in [0.29, 0.717) is 45.8 Å². The fraction of sp³-hybridized carbons (Fsp3) is 0.320. The molecule has 0 spiro atoms. The molecule has 0 unspecified atom stereocenters. The minimum absolute atomic E-state index is 0.172. The zero-order valence-electron chi connectivity index (χ0n) is 19.1. The van der Waals surface area contributed by atoms with Crippen LogP contribution in [0.5, 0.6) is 0 Å². The Labute approximate surface area is 200 Å². The Bertz CT molecular complexity index is 1470. The predicted octanol–water partition coefficient (Wildman–Crippen LogP) is 3.73. The van der Waals surface area contributed by atoms with E-state index in [9.17, 15) is 19.5 Å². The Morgan fingerprint density at radius 1 is 1.17 bits per heavy atom. The smallest absolute Gasteiger partial charge is 0.323 e. The minimum atomic E-state index is -1.01. The Kier molecular flexibility index (Phi) is 6.17. The quantitative estimate of drug-likeness (QED) is 0.335. The van der Waals surface area contributed by atoms with E-state index in [2.05, 4.69) is 25.6 Å². The lowest BCUT2D eigenvalue weighted by Crippen LogP contribution is -2.33. The third-order valence-corrected chi connectivity index (χ3v) is 6.42. The van der Waals surface area contributed by atoms with Gasteiger partial charge in [0.05, 0.1) is 11.0 Å². The molecule has 35 heavy (non-hydrogen) atoms. The highest BCUT2D eigenvalue weighted by molar-refractivity contribution is 5.95. The molecule has 0 radical (unpaired) electrons. The number of carbonyl (C=O) groups is 2. The molecule has 5 rings (SSSR count). The number of hydrogen-bond donors (Lipinski definition) is 4. The summed E-state index contributed by atoms with van der Waals surface area (Å²) < 4.78 is 1.48. The maximum atomic E-state index is 13.0. The number of aliphatic carboxylic acids is 1. The van der Waals surface area contributed by atoms with Gasteiger partial charge in [-0.15, -0.1) is 0 Å². The normalized spacial score (nSPS) is 14.3. The van der Waals surface area contributed by atoms with Crippen LogP contribution in [0.4, 0.5) is 10.5 Å². The molecule has 4 N–H and O–H groups in total. The zero-order valence-corrected chi connectivity index (χ0v) is 19.1. The molecule has 0 aliphatic heterocycles. The number of nitrogens with zero attached hydrogens (tertiary/aromatic N) is 3. The fourth-order valence-electron chi connectivity index (χ4n) is 4.73. The van der Waals surface area contributed by atoms with E-state index in [4.69, 9.17) is 0 Å². The first kappa shape index (κ1) is 22.6. The second kappa shape index (κ2) is 9.57. The SMILES string of the molecule is O=C(O)Cn1cc(-c2nc3ccc(NC(=O)NCC4CCCCC4)cc3[nH]c2=O)c2cccnc21. The van der Waals surface area contributed by atoms with Crippen LogP contribution in [0.3, 0.4) is 0 Å². The number of fused-ring (bicyclic) bond motifs is 2. The van der Waals surface area contributed by atoms with Crippen LogP contribution in [0.15, 0.2) is 47.5 Å². The van der Waals surface area contributed by atoms with E-state index in [1.54, 1.807) is 42.7 Å². The zero-order chi connectivity index (χ0) is 24.4. The molecule has 3 heterocycles. The van der Waals surface area contributed by atoms with Crippen LogP contribution < -0.4 is 16.2 Å². The van der Waals surface area contributed by atoms with Crippen molar-refractivity contribution in [1.29, 1.82) is 0 Å². The summed E-state index contributed by atoms with van der Waals surface area (Å²) in [7, 11) is 0. The lowest BCUT2D eigenvalue weighted by Gasteiger charge is -2.21. The van der Waals surface area contributed by atoms with E-state index in [0.717, 1.165) is 12.8 Å². The molecule has 0 saturated heterocycles. The molecule has 180 valence electrons. The molecule has 3 aromatic heterocycles. The number of benzene rings is 1. The van der Waals surface area contributed by atoms with Gasteiger partial charge in [-0.3, -0.25) is 9.59 Å². The highest BCUT2D eigenvalue weighted by Crippen LogP contribution is 2.28. The first-order chi connectivity index (χ1) is 17.0. The van der Waals surface area contributed by atoms with Crippen LogP contribution in [-0.2, 0) is 11.3 Å². The lowest BCUT2D eigenvalue weighted by atomic mass is 9.89. The summed E-state index contributed by atoms with van der Waals surface area (Å²) in [5.41, 5.74) is 2.28. The topological polar surface area (TPSA) is 142 Å². The van der Waals surface area contributed by atoms with E-state index in [-0.39, 0.29) is 18.3 Å². The van der Waals surface area contributed by atoms with Gasteiger partial charge >= 0.3 is 12.0 Å². The van der Waals surface area contributed by atoms with Crippen LogP contribution in [-0.4, -0.2) is 43.2 Å². The number of pyridine rings is 1. The van der Waals surface area contributed by atoms with Crippen LogP contribution >= 0.6 is 0 Å². The molecule has 0 bridgehead atoms. The average Bonchev–Trinajstić information content (AvgIpc) is 3.20. The molecule has 10 nitrogen and oxygen atoms in total. The van der Waals surface area contributed by atoms with Gasteiger partial charge in [0.15, 0.2) is 0 Å². The van der Waals surface area contributed by atoms with Crippen molar-refractivity contribution < 1.29 is 14.7 Å². The number of H-pyrrole nitrogens is 1. The summed E-state index contributed by atoms with van der Waals surface area (Å²) in [4.78, 5) is 48.2. The number of carboxylic acid groups (broad SMARTS) is 1. The number of aromatic amines is 1. The average molecular weight is 475 g/mol. The van der Waals surface area contributed by atoms with Crippen LogP contribution in [0.25, 0.3) is 33.3 Å². The standard InChI is InChI=1S/C25H26N6O4/c32-21(33)14-31-13-18(17-7-4-10-26-23(17)31)22-24(34)30-20-11-16(8-9-19(20)29-22)28-25(35)27-12-15-5-2-1-3-6-15/h4,7-11,13,15H,1-3,5-6,12,14H2,(H,30,34)(H,32,33)(H2,27,28,35). The van der Waals surface area contributed by atoms with Gasteiger partial charge in [-0.2, -0.15) is 0 Å². The lowest BCUT2D eigenvalue weighted by molar-refractivity contribution is -0.137. The Morgan fingerprint density at radius 3 is 2.80 bits per heavy atom. The van der Waals surface area contributed by atoms with E-state index in [1.165, 1.54) is 23.8 Å². The Hall–Kier alpha value is -4.21. The van der Waals surface area contributed by atoms with E-state index < -0.39 is 11.5 Å². The number of aromatic nitrogens is 4. The molecule has 1 aliphatic carbocycles. The number of nitrogens with one attached hydrogen (secondary N) is 3. The second-order valence-electron chi connectivity index (χ2n) is 8.92. The number of hydrogen-bond acceptors (Lipinski definition) is 5. The van der Waals surface area contributed by atoms with E-state index in [1.807, 2.05) is 0 Å². The molecule has 0 atom stereocenters. The molecule has 1 aromatic carbocycles. The van der Waals surface area contributed by atoms with Gasteiger partial charge in [0.2, 0.25) is 0 Å². The van der Waals surface area contributed by atoms with Crippen molar-refractivity contribution in [2.45, 2.75) is 38.6 Å². The monoisotopic (exact) mass is 474 g/mol. The van der Waals surface area contributed by atoms with Gasteiger partial charge in [0.25, 0.3) is 5.56 Å². The predicted molar refractivity (Wildman–Crippen MR) is 132 cm³/mol. The maximum Gasteiger partial charge on any atom is 0.323 e. The summed E-state index contributed by atoms with van der Waals surface area (Å²) in [5.74, 6) is -0.482. The molecule has 1 aliphatic rings. The Balaban J connectivity index is 1.39. The summed E-state index contributed by atoms with van der Waals surface area (Å²) in [5, 5.41) is 15.6. The highest BCUT2D eigenvalue weighted by atomic mass is 16.4. The minimum Gasteiger partial charge on any atom is -0.480 e. The number of rotatable bonds is 6. The van der Waals surface area contributed by atoms with Crippen molar-refractivity contribution in [3.63, 3.8) is 0 Å². The number of carboxylic acids is 1. The van der Waals surface area contributed by atoms with Crippen molar-refractivity contribution in [3.05, 3.63) is 53.1 Å².